The molecule has 0 atom stereocenters. The first-order valence-corrected chi connectivity index (χ1v) is 6.71. The number of hydrazine groups is 1. The van der Waals surface area contributed by atoms with Gasteiger partial charge in [0.15, 0.2) is 0 Å². The minimum atomic E-state index is 0.913. The number of hydrogen-bond donors (Lipinski definition) is 2. The van der Waals surface area contributed by atoms with Gasteiger partial charge in [0.25, 0.3) is 0 Å². The summed E-state index contributed by atoms with van der Waals surface area (Å²) in [7, 11) is 0. The van der Waals surface area contributed by atoms with Crippen LogP contribution in [0.5, 0.6) is 0 Å². The van der Waals surface area contributed by atoms with Gasteiger partial charge in [-0.1, -0.05) is 30.3 Å². The molecular weight excluding hydrogens is 323 g/mol. The highest BCUT2D eigenvalue weighted by molar-refractivity contribution is 14.1. The maximum atomic E-state index is 3.22. The first-order chi connectivity index (χ1) is 8.34. The van der Waals surface area contributed by atoms with Gasteiger partial charge in [-0.3, -0.25) is 0 Å². The van der Waals surface area contributed by atoms with Gasteiger partial charge in [-0.05, 0) is 58.8 Å². The van der Waals surface area contributed by atoms with Crippen molar-refractivity contribution in [2.45, 2.75) is 6.42 Å². The quantitative estimate of drug-likeness (QED) is 0.496. The standard InChI is InChI=1S/C14H15IN2/c15-13-6-8-14(9-7-13)17-16-11-10-12-4-2-1-3-5-12/h1-9,16-17H,10-11H2. The number of anilines is 1. The second-order valence-electron chi connectivity index (χ2n) is 3.79. The number of rotatable bonds is 5. The molecule has 0 saturated carbocycles. The third-order valence-corrected chi connectivity index (χ3v) is 3.18. The second kappa shape index (κ2) is 6.61. The van der Waals surface area contributed by atoms with Crippen molar-refractivity contribution in [3.63, 3.8) is 0 Å². The number of hydrogen-bond acceptors (Lipinski definition) is 2. The van der Waals surface area contributed by atoms with E-state index in [1.807, 2.05) is 6.07 Å². The fraction of sp³-hybridized carbons (Fsp3) is 0.143. The van der Waals surface area contributed by atoms with E-state index in [4.69, 9.17) is 0 Å². The van der Waals surface area contributed by atoms with E-state index >= 15 is 0 Å². The first kappa shape index (κ1) is 12.4. The summed E-state index contributed by atoms with van der Waals surface area (Å²) in [5, 5.41) is 0. The fourth-order valence-corrected chi connectivity index (χ4v) is 1.91. The van der Waals surface area contributed by atoms with Crippen molar-refractivity contribution >= 4 is 28.3 Å². The monoisotopic (exact) mass is 338 g/mol. The third-order valence-electron chi connectivity index (χ3n) is 2.46. The van der Waals surface area contributed by atoms with Crippen LogP contribution in [0.1, 0.15) is 5.56 Å². The van der Waals surface area contributed by atoms with Crippen LogP contribution in [0.4, 0.5) is 5.69 Å². The molecule has 0 aliphatic rings. The highest BCUT2D eigenvalue weighted by Gasteiger charge is 1.92. The summed E-state index contributed by atoms with van der Waals surface area (Å²) in [5.74, 6) is 0. The van der Waals surface area contributed by atoms with E-state index in [1.54, 1.807) is 0 Å². The van der Waals surface area contributed by atoms with Crippen LogP contribution >= 0.6 is 22.6 Å². The van der Waals surface area contributed by atoms with Crippen molar-refractivity contribution in [3.8, 4) is 0 Å². The van der Waals surface area contributed by atoms with Crippen molar-refractivity contribution < 1.29 is 0 Å². The van der Waals surface area contributed by atoms with Crippen molar-refractivity contribution in [3.05, 3.63) is 63.7 Å². The van der Waals surface area contributed by atoms with Crippen LogP contribution in [0.25, 0.3) is 0 Å². The molecule has 0 aromatic heterocycles. The molecule has 0 spiro atoms. The third kappa shape index (κ3) is 4.36. The van der Waals surface area contributed by atoms with Gasteiger partial charge in [0, 0.05) is 15.8 Å². The van der Waals surface area contributed by atoms with Crippen molar-refractivity contribution in [1.82, 2.24) is 5.43 Å². The van der Waals surface area contributed by atoms with Gasteiger partial charge in [0.2, 0.25) is 0 Å². The number of nitrogens with one attached hydrogen (secondary N) is 2. The Bertz CT molecular complexity index is 440. The molecule has 88 valence electrons. The molecule has 2 N–H and O–H groups in total. The van der Waals surface area contributed by atoms with Crippen LogP contribution in [0.2, 0.25) is 0 Å². The molecule has 17 heavy (non-hydrogen) atoms. The molecule has 2 aromatic rings. The normalized spacial score (nSPS) is 10.2. The molecule has 0 radical (unpaired) electrons. The molecule has 2 nitrogen and oxygen atoms in total. The Labute approximate surface area is 116 Å². The molecular formula is C14H15IN2. The largest absolute Gasteiger partial charge is 0.321 e. The Morgan fingerprint density at radius 3 is 2.29 bits per heavy atom. The maximum absolute atomic E-state index is 3.22. The van der Waals surface area contributed by atoms with Gasteiger partial charge < -0.3 is 5.43 Å². The Balaban J connectivity index is 1.71. The molecule has 0 unspecified atom stereocenters. The van der Waals surface area contributed by atoms with Crippen LogP contribution in [0, 0.1) is 3.57 Å². The van der Waals surface area contributed by atoms with Gasteiger partial charge >= 0.3 is 0 Å². The summed E-state index contributed by atoms with van der Waals surface area (Å²) in [6.07, 6.45) is 1.03. The molecule has 0 fully saturated rings. The zero-order chi connectivity index (χ0) is 11.9. The molecule has 3 heteroatoms. The van der Waals surface area contributed by atoms with Gasteiger partial charge in [-0.15, -0.1) is 0 Å². The maximum Gasteiger partial charge on any atom is 0.0488 e. The lowest BCUT2D eigenvalue weighted by molar-refractivity contribution is 0.779. The summed E-state index contributed by atoms with van der Waals surface area (Å²) < 4.78 is 1.25. The molecule has 0 amide bonds. The van der Waals surface area contributed by atoms with E-state index in [0.717, 1.165) is 18.7 Å². The Morgan fingerprint density at radius 1 is 0.882 bits per heavy atom. The van der Waals surface area contributed by atoms with Crippen molar-refractivity contribution in [2.75, 3.05) is 12.0 Å². The zero-order valence-electron chi connectivity index (χ0n) is 9.49. The van der Waals surface area contributed by atoms with Gasteiger partial charge in [0.05, 0.1) is 0 Å². The minimum absolute atomic E-state index is 0.913. The van der Waals surface area contributed by atoms with Gasteiger partial charge in [0.1, 0.15) is 0 Å². The van der Waals surface area contributed by atoms with Crippen molar-refractivity contribution in [2.24, 2.45) is 0 Å². The highest BCUT2D eigenvalue weighted by atomic mass is 127. The lowest BCUT2D eigenvalue weighted by atomic mass is 10.2. The van der Waals surface area contributed by atoms with Crippen LogP contribution < -0.4 is 10.9 Å². The lowest BCUT2D eigenvalue weighted by Gasteiger charge is -2.08. The summed E-state index contributed by atoms with van der Waals surface area (Å²) in [5.41, 5.74) is 8.85. The van der Waals surface area contributed by atoms with E-state index in [1.165, 1.54) is 9.13 Å². The average molecular weight is 338 g/mol. The van der Waals surface area contributed by atoms with Gasteiger partial charge in [-0.25, -0.2) is 5.43 Å². The molecule has 0 bridgehead atoms. The summed E-state index contributed by atoms with van der Waals surface area (Å²) in [4.78, 5) is 0. The molecule has 0 aliphatic heterocycles. The first-order valence-electron chi connectivity index (χ1n) is 5.63. The van der Waals surface area contributed by atoms with E-state index in [-0.39, 0.29) is 0 Å². The summed E-state index contributed by atoms with van der Waals surface area (Å²) in [6.45, 7) is 0.913. The van der Waals surface area contributed by atoms with Crippen LogP contribution in [0.15, 0.2) is 54.6 Å². The topological polar surface area (TPSA) is 24.1 Å². The minimum Gasteiger partial charge on any atom is -0.321 e. The molecule has 0 saturated heterocycles. The average Bonchev–Trinajstić information content (AvgIpc) is 2.38. The highest BCUT2D eigenvalue weighted by Crippen LogP contribution is 2.09. The van der Waals surface area contributed by atoms with Gasteiger partial charge in [-0.2, -0.15) is 0 Å². The van der Waals surface area contributed by atoms with E-state index in [9.17, 15) is 0 Å². The Morgan fingerprint density at radius 2 is 1.59 bits per heavy atom. The predicted octanol–water partition coefficient (Wildman–Crippen LogP) is 3.45. The predicted molar refractivity (Wildman–Crippen MR) is 80.9 cm³/mol. The number of benzene rings is 2. The molecule has 0 aliphatic carbocycles. The Hall–Kier alpha value is -1.07. The van der Waals surface area contributed by atoms with Crippen molar-refractivity contribution in [1.29, 1.82) is 0 Å². The lowest BCUT2D eigenvalue weighted by Crippen LogP contribution is -2.24. The van der Waals surface area contributed by atoms with Crippen LogP contribution in [-0.4, -0.2) is 6.54 Å². The molecule has 0 heterocycles. The van der Waals surface area contributed by atoms with Crippen LogP contribution in [-0.2, 0) is 6.42 Å². The SMILES string of the molecule is Ic1ccc(NNCCc2ccccc2)cc1. The smallest absolute Gasteiger partial charge is 0.0488 e. The molecule has 2 aromatic carbocycles. The summed E-state index contributed by atoms with van der Waals surface area (Å²) >= 11 is 2.30. The van der Waals surface area contributed by atoms with Crippen LogP contribution in [0.3, 0.4) is 0 Å². The number of halogens is 1. The zero-order valence-corrected chi connectivity index (χ0v) is 11.6. The summed E-state index contributed by atoms with van der Waals surface area (Å²) in [6, 6.07) is 18.8. The fourth-order valence-electron chi connectivity index (χ4n) is 1.55. The van der Waals surface area contributed by atoms with E-state index in [0.29, 0.717) is 0 Å². The van der Waals surface area contributed by atoms with E-state index < -0.39 is 0 Å². The second-order valence-corrected chi connectivity index (χ2v) is 5.04. The Kier molecular flexibility index (Phi) is 4.82. The van der Waals surface area contributed by atoms with E-state index in [2.05, 4.69) is 82.0 Å². The molecule has 2 rings (SSSR count).